The summed E-state index contributed by atoms with van der Waals surface area (Å²) in [5, 5.41) is 5.73. The van der Waals surface area contributed by atoms with Gasteiger partial charge in [0.05, 0.1) is 18.8 Å². The van der Waals surface area contributed by atoms with Gasteiger partial charge in [0, 0.05) is 55.0 Å². The topological polar surface area (TPSA) is 79.9 Å². The summed E-state index contributed by atoms with van der Waals surface area (Å²) in [5.74, 6) is -1.16. The van der Waals surface area contributed by atoms with Gasteiger partial charge in [-0.05, 0) is 65.2 Å². The van der Waals surface area contributed by atoms with E-state index in [-0.39, 0.29) is 5.91 Å². The van der Waals surface area contributed by atoms with Crippen LogP contribution in [0.1, 0.15) is 44.7 Å². The lowest BCUT2D eigenvalue weighted by atomic mass is 9.98. The highest BCUT2D eigenvalue weighted by atomic mass is 19.4. The monoisotopic (exact) mass is 615 g/mol. The lowest BCUT2D eigenvalue weighted by molar-refractivity contribution is -0.169. The summed E-state index contributed by atoms with van der Waals surface area (Å²) in [7, 11) is 0. The molecule has 10 heteroatoms. The SMILES string of the molecule is O=C(NCc1ccc(N2CCC3(CC2)OCCO3)cc1)c1cccc(NC(=O)c2ccccc2-c2ccc(C(F)(F)F)cc2)c1. The molecular weight excluding hydrogens is 583 g/mol. The third kappa shape index (κ3) is 7.02. The number of piperidine rings is 1. The largest absolute Gasteiger partial charge is 0.416 e. The molecule has 0 saturated carbocycles. The molecule has 2 fully saturated rings. The van der Waals surface area contributed by atoms with Crippen molar-refractivity contribution in [2.75, 3.05) is 36.5 Å². The number of hydrogen-bond acceptors (Lipinski definition) is 5. The van der Waals surface area contributed by atoms with Crippen molar-refractivity contribution in [2.45, 2.75) is 31.3 Å². The van der Waals surface area contributed by atoms with E-state index < -0.39 is 23.4 Å². The van der Waals surface area contributed by atoms with Gasteiger partial charge in [-0.25, -0.2) is 0 Å². The van der Waals surface area contributed by atoms with Gasteiger partial charge in [-0.2, -0.15) is 13.2 Å². The molecular formula is C35H32F3N3O4. The summed E-state index contributed by atoms with van der Waals surface area (Å²) in [5.41, 5.74) is 3.35. The second-order valence-electron chi connectivity index (χ2n) is 11.1. The number of nitrogens with one attached hydrogen (secondary N) is 2. The number of carbonyl (C=O) groups excluding carboxylic acids is 2. The summed E-state index contributed by atoms with van der Waals surface area (Å²) >= 11 is 0. The molecule has 2 saturated heterocycles. The Bertz CT molecular complexity index is 1660. The van der Waals surface area contributed by atoms with Crippen LogP contribution in [-0.2, 0) is 22.2 Å². The van der Waals surface area contributed by atoms with Crippen molar-refractivity contribution in [1.29, 1.82) is 0 Å². The zero-order valence-electron chi connectivity index (χ0n) is 24.4. The van der Waals surface area contributed by atoms with Crippen molar-refractivity contribution in [1.82, 2.24) is 5.32 Å². The molecule has 4 aromatic rings. The van der Waals surface area contributed by atoms with Crippen LogP contribution in [0.4, 0.5) is 24.5 Å². The number of rotatable bonds is 7. The Balaban J connectivity index is 1.05. The molecule has 45 heavy (non-hydrogen) atoms. The average molecular weight is 616 g/mol. The normalized spacial score (nSPS) is 16.0. The van der Waals surface area contributed by atoms with Crippen molar-refractivity contribution in [3.63, 3.8) is 0 Å². The summed E-state index contributed by atoms with van der Waals surface area (Å²) < 4.78 is 50.7. The van der Waals surface area contributed by atoms with Crippen molar-refractivity contribution in [2.24, 2.45) is 0 Å². The fraction of sp³-hybridized carbons (Fsp3) is 0.257. The molecule has 0 unspecified atom stereocenters. The first-order valence-electron chi connectivity index (χ1n) is 14.8. The molecule has 1 spiro atoms. The van der Waals surface area contributed by atoms with E-state index in [1.807, 2.05) is 12.1 Å². The van der Waals surface area contributed by atoms with Gasteiger partial charge in [0.15, 0.2) is 5.79 Å². The Morgan fingerprint density at radius 2 is 1.49 bits per heavy atom. The molecule has 0 radical (unpaired) electrons. The fourth-order valence-electron chi connectivity index (χ4n) is 5.71. The maximum atomic E-state index is 13.2. The molecule has 7 nitrogen and oxygen atoms in total. The minimum Gasteiger partial charge on any atom is -0.371 e. The highest BCUT2D eigenvalue weighted by Gasteiger charge is 2.39. The maximum absolute atomic E-state index is 13.2. The number of ether oxygens (including phenoxy) is 2. The fourth-order valence-corrected chi connectivity index (χ4v) is 5.71. The van der Waals surface area contributed by atoms with Crippen molar-refractivity contribution >= 4 is 23.2 Å². The van der Waals surface area contributed by atoms with E-state index in [2.05, 4.69) is 27.7 Å². The minimum absolute atomic E-state index is 0.292. The zero-order chi connectivity index (χ0) is 31.4. The van der Waals surface area contributed by atoms with E-state index in [1.165, 1.54) is 12.1 Å². The predicted octanol–water partition coefficient (Wildman–Crippen LogP) is 6.90. The van der Waals surface area contributed by atoms with Gasteiger partial charge in [-0.1, -0.05) is 48.5 Å². The van der Waals surface area contributed by atoms with Gasteiger partial charge >= 0.3 is 6.18 Å². The quantitative estimate of drug-likeness (QED) is 0.237. The smallest absolute Gasteiger partial charge is 0.371 e. The summed E-state index contributed by atoms with van der Waals surface area (Å²) in [4.78, 5) is 28.5. The van der Waals surface area contributed by atoms with Crippen LogP contribution < -0.4 is 15.5 Å². The molecule has 0 aliphatic carbocycles. The Kier molecular flexibility index (Phi) is 8.60. The van der Waals surface area contributed by atoms with Crippen LogP contribution in [-0.4, -0.2) is 43.9 Å². The summed E-state index contributed by atoms with van der Waals surface area (Å²) in [6, 6.07) is 26.0. The zero-order valence-corrected chi connectivity index (χ0v) is 24.4. The number of nitrogens with zero attached hydrogens (tertiary/aromatic N) is 1. The van der Waals surface area contributed by atoms with Crippen molar-refractivity contribution in [3.05, 3.63) is 119 Å². The molecule has 6 rings (SSSR count). The third-order valence-electron chi connectivity index (χ3n) is 8.17. The van der Waals surface area contributed by atoms with Gasteiger partial charge in [0.25, 0.3) is 11.8 Å². The first kappa shape index (κ1) is 30.4. The highest BCUT2D eigenvalue weighted by Crippen LogP contribution is 2.34. The predicted molar refractivity (Wildman–Crippen MR) is 165 cm³/mol. The van der Waals surface area contributed by atoms with Gasteiger partial charge in [0.2, 0.25) is 0 Å². The molecule has 2 heterocycles. The average Bonchev–Trinajstić information content (AvgIpc) is 3.51. The molecule has 0 bridgehead atoms. The van der Waals surface area contributed by atoms with Gasteiger partial charge in [0.1, 0.15) is 0 Å². The van der Waals surface area contributed by atoms with E-state index in [0.717, 1.165) is 49.3 Å². The highest BCUT2D eigenvalue weighted by molar-refractivity contribution is 6.09. The third-order valence-corrected chi connectivity index (χ3v) is 8.17. The van der Waals surface area contributed by atoms with E-state index in [0.29, 0.717) is 47.7 Å². The Morgan fingerprint density at radius 1 is 0.800 bits per heavy atom. The number of benzene rings is 4. The molecule has 0 aromatic heterocycles. The van der Waals surface area contributed by atoms with Crippen LogP contribution in [0.25, 0.3) is 11.1 Å². The van der Waals surface area contributed by atoms with Crippen LogP contribution in [0.15, 0.2) is 97.1 Å². The van der Waals surface area contributed by atoms with Gasteiger partial charge in [-0.3, -0.25) is 9.59 Å². The number of alkyl halides is 3. The lowest BCUT2D eigenvalue weighted by Gasteiger charge is -2.38. The van der Waals surface area contributed by atoms with E-state index >= 15 is 0 Å². The molecule has 2 aliphatic heterocycles. The minimum atomic E-state index is -4.45. The standard InChI is InChI=1S/C35H32F3N3O4/c36-35(37,38)27-12-10-25(11-13-27)30-6-1-2-7-31(30)33(43)40-28-5-3-4-26(22-28)32(42)39-23-24-8-14-29(15-9-24)41-18-16-34(17-19-41)44-20-21-45-34/h1-15,22H,16-21,23H2,(H,39,42)(H,40,43). The molecule has 2 aliphatic rings. The van der Waals surface area contributed by atoms with E-state index in [9.17, 15) is 22.8 Å². The number of hydrogen-bond donors (Lipinski definition) is 2. The summed E-state index contributed by atoms with van der Waals surface area (Å²) in [6.45, 7) is 3.35. The Morgan fingerprint density at radius 3 is 2.18 bits per heavy atom. The van der Waals surface area contributed by atoms with Crippen LogP contribution in [0.2, 0.25) is 0 Å². The van der Waals surface area contributed by atoms with Crippen LogP contribution in [0, 0.1) is 0 Å². The van der Waals surface area contributed by atoms with E-state index in [1.54, 1.807) is 48.5 Å². The first-order valence-corrected chi connectivity index (χ1v) is 14.8. The van der Waals surface area contributed by atoms with Crippen LogP contribution in [0.5, 0.6) is 0 Å². The number of anilines is 2. The molecule has 0 atom stereocenters. The van der Waals surface area contributed by atoms with Gasteiger partial charge in [-0.15, -0.1) is 0 Å². The Hall–Kier alpha value is -4.67. The Labute approximate surface area is 259 Å². The number of amides is 2. The molecule has 232 valence electrons. The second-order valence-corrected chi connectivity index (χ2v) is 11.1. The van der Waals surface area contributed by atoms with Crippen molar-refractivity contribution < 1.29 is 32.2 Å². The molecule has 4 aromatic carbocycles. The van der Waals surface area contributed by atoms with Crippen LogP contribution in [0.3, 0.4) is 0 Å². The number of halogens is 3. The second kappa shape index (κ2) is 12.7. The maximum Gasteiger partial charge on any atom is 0.416 e. The van der Waals surface area contributed by atoms with Crippen molar-refractivity contribution in [3.8, 4) is 11.1 Å². The van der Waals surface area contributed by atoms with Crippen LogP contribution >= 0.6 is 0 Å². The molecule has 2 N–H and O–H groups in total. The lowest BCUT2D eigenvalue weighted by Crippen LogP contribution is -2.45. The summed E-state index contributed by atoms with van der Waals surface area (Å²) in [6.07, 6.45) is -2.79. The van der Waals surface area contributed by atoms with E-state index in [4.69, 9.17) is 9.47 Å². The van der Waals surface area contributed by atoms with Gasteiger partial charge < -0.3 is 25.0 Å². The number of carbonyl (C=O) groups is 2. The molecule has 2 amide bonds. The first-order chi connectivity index (χ1) is 21.7.